The van der Waals surface area contributed by atoms with Gasteiger partial charge in [0.25, 0.3) is 0 Å². The van der Waals surface area contributed by atoms with Crippen molar-refractivity contribution >= 4 is 37.1 Å². The summed E-state index contributed by atoms with van der Waals surface area (Å²) in [5.41, 5.74) is 0. The predicted molar refractivity (Wildman–Crippen MR) is 99.0 cm³/mol. The molecule has 138 valence electrons. The van der Waals surface area contributed by atoms with Gasteiger partial charge >= 0.3 is 13.4 Å². The largest absolute Gasteiger partial charge is 0.325 e. The summed E-state index contributed by atoms with van der Waals surface area (Å²) < 4.78 is 0. The molecule has 0 aromatic carbocycles. The fraction of sp³-hybridized carbons (Fsp3) is 1.00. The summed E-state index contributed by atoms with van der Waals surface area (Å²) in [5.74, 6) is 0. The van der Waals surface area contributed by atoms with Gasteiger partial charge in [-0.25, -0.2) is 0 Å². The van der Waals surface area contributed by atoms with Crippen LogP contribution in [0, 0.1) is 0 Å². The molecule has 0 bridgehead atoms. The third kappa shape index (κ3) is 423. The molecule has 0 saturated heterocycles. The molecule has 11 heteroatoms. The summed E-state index contributed by atoms with van der Waals surface area (Å²) in [4.78, 5) is 45.3. The van der Waals surface area contributed by atoms with E-state index in [-0.39, 0.29) is 19.5 Å². The van der Waals surface area contributed by atoms with Gasteiger partial charge in [0.15, 0.2) is 0 Å². The Morgan fingerprint density at radius 2 is 0.727 bits per heavy atom. The standard InChI is InChI=1S/C6H14.C3H8.C2H6.2H3O3PS.Zn/c1-3-5-6-4-2;1-3-2;1-2;2*1-4(2,3)5;/h3-6H2,1-2H3;3H2,1-2H3;1-2H3;2*(H3,1,2,3,5);. The maximum absolute atomic E-state index is 7.56. The Bertz CT molecular complexity index is 208. The van der Waals surface area contributed by atoms with Gasteiger partial charge in [-0.3, -0.25) is 0 Å². The zero-order valence-electron chi connectivity index (χ0n) is 14.6. The number of rotatable bonds is 3. The number of hydrogen-bond donors (Lipinski definition) is 6. The van der Waals surface area contributed by atoms with Crippen LogP contribution < -0.4 is 0 Å². The molecular weight excluding hydrogens is 420 g/mol. The van der Waals surface area contributed by atoms with Crippen molar-refractivity contribution in [3.8, 4) is 0 Å². The molecular formula is C11H34O6P2S2Zn. The van der Waals surface area contributed by atoms with E-state index in [4.69, 9.17) is 29.4 Å². The van der Waals surface area contributed by atoms with Gasteiger partial charge in [0, 0.05) is 19.5 Å². The van der Waals surface area contributed by atoms with Gasteiger partial charge in [-0.2, -0.15) is 0 Å². The second kappa shape index (κ2) is 30.6. The molecule has 6 nitrogen and oxygen atoms in total. The maximum Gasteiger partial charge on any atom is 0.319 e. The molecule has 0 aliphatic rings. The Kier molecular flexibility index (Phi) is 54.1. The van der Waals surface area contributed by atoms with Crippen LogP contribution in [-0.4, -0.2) is 29.4 Å². The summed E-state index contributed by atoms with van der Waals surface area (Å²) in [6, 6.07) is 0. The summed E-state index contributed by atoms with van der Waals surface area (Å²) in [5, 5.41) is 0. The molecule has 0 atom stereocenters. The minimum atomic E-state index is -3.81. The van der Waals surface area contributed by atoms with Crippen LogP contribution in [0.15, 0.2) is 0 Å². The second-order valence-corrected chi connectivity index (χ2v) is 8.43. The summed E-state index contributed by atoms with van der Waals surface area (Å²) in [6.07, 6.45) is 6.79. The van der Waals surface area contributed by atoms with E-state index >= 15 is 0 Å². The molecule has 0 aliphatic carbocycles. The van der Waals surface area contributed by atoms with E-state index in [2.05, 4.69) is 51.3 Å². The molecule has 22 heavy (non-hydrogen) atoms. The van der Waals surface area contributed by atoms with Crippen LogP contribution >= 0.6 is 13.4 Å². The first kappa shape index (κ1) is 39.0. The van der Waals surface area contributed by atoms with Crippen molar-refractivity contribution in [3.63, 3.8) is 0 Å². The van der Waals surface area contributed by atoms with E-state index < -0.39 is 13.4 Å². The van der Waals surface area contributed by atoms with Crippen LogP contribution in [0.1, 0.15) is 73.6 Å². The zero-order valence-corrected chi connectivity index (χ0v) is 21.0. The minimum Gasteiger partial charge on any atom is -0.325 e. The van der Waals surface area contributed by atoms with Gasteiger partial charge in [0.05, 0.1) is 0 Å². The van der Waals surface area contributed by atoms with Gasteiger partial charge in [-0.1, -0.05) is 73.6 Å². The fourth-order valence-electron chi connectivity index (χ4n) is 0.500. The van der Waals surface area contributed by atoms with Crippen LogP contribution in [0.4, 0.5) is 0 Å². The molecule has 0 rings (SSSR count). The molecule has 0 fully saturated rings. The normalized spacial score (nSPS) is 8.91. The predicted octanol–water partition coefficient (Wildman–Crippen LogP) is 3.40. The molecule has 0 heterocycles. The molecule has 0 saturated carbocycles. The Morgan fingerprint density at radius 3 is 0.773 bits per heavy atom. The van der Waals surface area contributed by atoms with E-state index in [1.165, 1.54) is 32.1 Å². The third-order valence-electron chi connectivity index (χ3n) is 0.957. The summed E-state index contributed by atoms with van der Waals surface area (Å²) in [6.45, 7) is 5.10. The molecule has 0 spiro atoms. The van der Waals surface area contributed by atoms with Gasteiger partial charge < -0.3 is 29.4 Å². The molecule has 6 N–H and O–H groups in total. The smallest absolute Gasteiger partial charge is 0.319 e. The topological polar surface area (TPSA) is 121 Å². The van der Waals surface area contributed by atoms with E-state index in [1.54, 1.807) is 0 Å². The quantitative estimate of drug-likeness (QED) is 0.218. The first-order valence-electron chi connectivity index (χ1n) is 6.89. The van der Waals surface area contributed by atoms with Gasteiger partial charge in [0.1, 0.15) is 0 Å². The van der Waals surface area contributed by atoms with Crippen molar-refractivity contribution in [2.75, 3.05) is 0 Å². The van der Waals surface area contributed by atoms with Crippen molar-refractivity contribution in [3.05, 3.63) is 0 Å². The van der Waals surface area contributed by atoms with E-state index in [0.29, 0.717) is 0 Å². The van der Waals surface area contributed by atoms with Crippen LogP contribution in [0.3, 0.4) is 0 Å². The van der Waals surface area contributed by atoms with Crippen molar-refractivity contribution in [2.24, 2.45) is 0 Å². The average molecular weight is 454 g/mol. The first-order chi connectivity index (χ1) is 9.33. The van der Waals surface area contributed by atoms with Crippen molar-refractivity contribution in [1.82, 2.24) is 0 Å². The second-order valence-electron chi connectivity index (χ2n) is 3.44. The average Bonchev–Trinajstić information content (AvgIpc) is 2.25. The fourth-order valence-corrected chi connectivity index (χ4v) is 0.500. The van der Waals surface area contributed by atoms with Gasteiger partial charge in [0.2, 0.25) is 0 Å². The molecule has 0 aromatic heterocycles. The van der Waals surface area contributed by atoms with Crippen molar-refractivity contribution in [1.29, 1.82) is 0 Å². The third-order valence-corrected chi connectivity index (χ3v) is 0.957. The Hall–Kier alpha value is 1.68. The SMILES string of the molecule is CC.CCC.CCCCCC.OP(O)(O)=S.OP(O)(O)=S.[Zn]. The van der Waals surface area contributed by atoms with E-state index in [0.717, 1.165) is 0 Å². The molecule has 0 aliphatic heterocycles. The maximum atomic E-state index is 7.56. The summed E-state index contributed by atoms with van der Waals surface area (Å²) in [7, 11) is 0. The minimum absolute atomic E-state index is 0. The summed E-state index contributed by atoms with van der Waals surface area (Å²) >= 11 is 7.21. The van der Waals surface area contributed by atoms with Crippen molar-refractivity contribution in [2.45, 2.75) is 73.6 Å². The van der Waals surface area contributed by atoms with Crippen LogP contribution in [0.5, 0.6) is 0 Å². The molecule has 0 aromatic rings. The zero-order chi connectivity index (χ0) is 18.5. The Balaban J connectivity index is -0.0000000375. The van der Waals surface area contributed by atoms with Gasteiger partial charge in [-0.15, -0.1) is 0 Å². The van der Waals surface area contributed by atoms with E-state index in [1.807, 2.05) is 13.8 Å². The van der Waals surface area contributed by atoms with E-state index in [9.17, 15) is 0 Å². The number of unbranched alkanes of at least 4 members (excludes halogenated alkanes) is 3. The monoisotopic (exact) mass is 452 g/mol. The number of hydrogen-bond acceptors (Lipinski definition) is 2. The Morgan fingerprint density at radius 1 is 0.636 bits per heavy atom. The molecule has 0 amide bonds. The first-order valence-corrected chi connectivity index (χ1v) is 12.2. The molecule has 0 unspecified atom stereocenters. The van der Waals surface area contributed by atoms with Crippen LogP contribution in [0.2, 0.25) is 0 Å². The Labute approximate surface area is 159 Å². The van der Waals surface area contributed by atoms with Crippen LogP contribution in [0.25, 0.3) is 0 Å². The van der Waals surface area contributed by atoms with Gasteiger partial charge in [-0.05, 0) is 23.6 Å². The van der Waals surface area contributed by atoms with Crippen molar-refractivity contribution < 1.29 is 48.8 Å². The molecule has 0 radical (unpaired) electrons. The van der Waals surface area contributed by atoms with Crippen LogP contribution in [-0.2, 0) is 43.1 Å².